The van der Waals surface area contributed by atoms with Crippen LogP contribution in [0.2, 0.25) is 0 Å². The van der Waals surface area contributed by atoms with Gasteiger partial charge in [0.05, 0.1) is 23.8 Å². The van der Waals surface area contributed by atoms with E-state index in [-0.39, 0.29) is 23.5 Å². The van der Waals surface area contributed by atoms with Crippen molar-refractivity contribution in [3.63, 3.8) is 0 Å². The molecule has 4 aromatic rings. The van der Waals surface area contributed by atoms with E-state index in [0.29, 0.717) is 23.0 Å². The highest BCUT2D eigenvalue weighted by Crippen LogP contribution is 2.27. The van der Waals surface area contributed by atoms with Gasteiger partial charge in [0.1, 0.15) is 5.82 Å². The van der Waals surface area contributed by atoms with E-state index in [1.807, 2.05) is 26.1 Å². The van der Waals surface area contributed by atoms with Crippen molar-refractivity contribution in [2.24, 2.45) is 12.8 Å². The monoisotopic (exact) mass is 478 g/mol. The van der Waals surface area contributed by atoms with Crippen molar-refractivity contribution in [3.05, 3.63) is 54.0 Å². The van der Waals surface area contributed by atoms with Gasteiger partial charge in [-0.2, -0.15) is 5.10 Å². The molecular formula is C23H27FN10O. The van der Waals surface area contributed by atoms with Gasteiger partial charge in [-0.05, 0) is 38.7 Å². The largest absolute Gasteiger partial charge is 0.366 e. The fraction of sp³-hybridized carbons (Fsp3) is 0.348. The van der Waals surface area contributed by atoms with E-state index in [1.54, 1.807) is 4.68 Å². The maximum absolute atomic E-state index is 14.0. The number of carbonyl (C=O) groups excluding carboxylic acids is 1. The maximum Gasteiger partial charge on any atom is 0.276 e. The van der Waals surface area contributed by atoms with Gasteiger partial charge in [0, 0.05) is 43.2 Å². The zero-order chi connectivity index (χ0) is 24.5. The summed E-state index contributed by atoms with van der Waals surface area (Å²) in [4.78, 5) is 21.2. The van der Waals surface area contributed by atoms with Crippen LogP contribution >= 0.6 is 0 Å². The van der Waals surface area contributed by atoms with Crippen LogP contribution in [-0.2, 0) is 7.05 Å². The molecule has 1 amide bonds. The molecule has 0 spiro atoms. The fourth-order valence-corrected chi connectivity index (χ4v) is 4.18. The third-order valence-electron chi connectivity index (χ3n) is 6.22. The molecule has 1 aliphatic carbocycles. The lowest BCUT2D eigenvalue weighted by Gasteiger charge is -2.27. The van der Waals surface area contributed by atoms with Gasteiger partial charge in [-0.3, -0.25) is 14.5 Å². The number of aryl methyl sites for hydroxylation is 2. The van der Waals surface area contributed by atoms with E-state index in [2.05, 4.69) is 36.1 Å². The second-order valence-corrected chi connectivity index (χ2v) is 8.81. The van der Waals surface area contributed by atoms with Crippen LogP contribution in [0.4, 0.5) is 27.4 Å². The van der Waals surface area contributed by atoms with E-state index >= 15 is 0 Å². The van der Waals surface area contributed by atoms with Crippen molar-refractivity contribution in [1.82, 2.24) is 29.4 Å². The molecule has 4 aromatic heterocycles. The summed E-state index contributed by atoms with van der Waals surface area (Å²) in [6.45, 7) is 1.96. The number of nitrogens with one attached hydrogen (secondary N) is 3. The Hall–Kier alpha value is -4.06. The predicted molar refractivity (Wildman–Crippen MR) is 130 cm³/mol. The zero-order valence-electron chi connectivity index (χ0n) is 19.5. The normalized spacial score (nSPS) is 17.9. The summed E-state index contributed by atoms with van der Waals surface area (Å²) < 4.78 is 17.3. The Morgan fingerprint density at radius 3 is 2.63 bits per heavy atom. The van der Waals surface area contributed by atoms with Crippen LogP contribution in [0.15, 0.2) is 36.8 Å². The lowest BCUT2D eigenvalue weighted by molar-refractivity contribution is 0.102. The van der Waals surface area contributed by atoms with Gasteiger partial charge in [0.25, 0.3) is 5.91 Å². The number of imidazole rings is 1. The van der Waals surface area contributed by atoms with Crippen molar-refractivity contribution in [1.29, 1.82) is 0 Å². The minimum Gasteiger partial charge on any atom is -0.366 e. The molecule has 0 unspecified atom stereocenters. The molecule has 5 rings (SSSR count). The number of nitrogens with two attached hydrogens (primary N) is 1. The SMILES string of the molecule is Cc1cc(Nc2cc(NC3CCC(N)CC3)nn3c(C(=O)Nc4ccncc4F)cnc23)nn1C. The Bertz CT molecular complexity index is 1350. The number of carbonyl (C=O) groups is 1. The van der Waals surface area contributed by atoms with Crippen LogP contribution in [0, 0.1) is 12.7 Å². The molecule has 0 aliphatic heterocycles. The Balaban J connectivity index is 1.51. The average Bonchev–Trinajstić information content (AvgIpc) is 3.39. The maximum atomic E-state index is 14.0. The van der Waals surface area contributed by atoms with E-state index in [4.69, 9.17) is 5.73 Å². The first-order valence-corrected chi connectivity index (χ1v) is 11.5. The standard InChI is InChI=1S/C23H27FN10O/c1-13-9-20(31-33(13)2)29-18-10-21(28-15-5-3-14(25)4-6-15)32-34-19(12-27-22(18)34)23(35)30-17-7-8-26-11-16(17)24/h7-12,14-15H,3-6,25H2,1-2H3,(H,28,32)(H,29,31)(H,26,30,35). The number of nitrogens with zero attached hydrogens (tertiary/aromatic N) is 6. The van der Waals surface area contributed by atoms with Crippen molar-refractivity contribution in [2.45, 2.75) is 44.7 Å². The van der Waals surface area contributed by atoms with Crippen LogP contribution in [0.1, 0.15) is 41.9 Å². The lowest BCUT2D eigenvalue weighted by atomic mass is 9.92. The van der Waals surface area contributed by atoms with Gasteiger partial charge in [-0.25, -0.2) is 13.9 Å². The van der Waals surface area contributed by atoms with Crippen molar-refractivity contribution in [2.75, 3.05) is 16.0 Å². The average molecular weight is 479 g/mol. The number of amides is 1. The van der Waals surface area contributed by atoms with Crippen molar-refractivity contribution in [3.8, 4) is 0 Å². The molecule has 0 radical (unpaired) electrons. The van der Waals surface area contributed by atoms with E-state index in [1.165, 1.54) is 23.0 Å². The smallest absolute Gasteiger partial charge is 0.276 e. The Labute approximate surface area is 200 Å². The topological polar surface area (TPSA) is 140 Å². The number of pyridine rings is 1. The zero-order valence-corrected chi connectivity index (χ0v) is 19.5. The summed E-state index contributed by atoms with van der Waals surface area (Å²) in [5, 5.41) is 18.4. The summed E-state index contributed by atoms with van der Waals surface area (Å²) in [6, 6.07) is 5.60. The van der Waals surface area contributed by atoms with Crippen LogP contribution in [0.25, 0.3) is 5.65 Å². The molecule has 12 heteroatoms. The molecular weight excluding hydrogens is 451 g/mol. The summed E-state index contributed by atoms with van der Waals surface area (Å²) in [5.74, 6) is 0.0414. The molecule has 0 aromatic carbocycles. The number of hydrogen-bond acceptors (Lipinski definition) is 8. The molecule has 1 fully saturated rings. The molecule has 35 heavy (non-hydrogen) atoms. The fourth-order valence-electron chi connectivity index (χ4n) is 4.18. The van der Waals surface area contributed by atoms with E-state index in [0.717, 1.165) is 37.6 Å². The van der Waals surface area contributed by atoms with E-state index in [9.17, 15) is 9.18 Å². The van der Waals surface area contributed by atoms with Gasteiger partial charge in [0.2, 0.25) is 0 Å². The van der Waals surface area contributed by atoms with Crippen LogP contribution in [0.3, 0.4) is 0 Å². The molecule has 0 atom stereocenters. The van der Waals surface area contributed by atoms with Gasteiger partial charge < -0.3 is 21.7 Å². The summed E-state index contributed by atoms with van der Waals surface area (Å²) in [5.41, 5.74) is 8.28. The summed E-state index contributed by atoms with van der Waals surface area (Å²) in [7, 11) is 1.86. The summed E-state index contributed by atoms with van der Waals surface area (Å²) >= 11 is 0. The summed E-state index contributed by atoms with van der Waals surface area (Å²) in [6.07, 6.45) is 7.60. The highest BCUT2D eigenvalue weighted by atomic mass is 19.1. The first-order chi connectivity index (χ1) is 16.9. The minimum atomic E-state index is -0.631. The molecule has 182 valence electrons. The van der Waals surface area contributed by atoms with Gasteiger partial charge in [0.15, 0.2) is 23.0 Å². The minimum absolute atomic E-state index is 0.0232. The Kier molecular flexibility index (Phi) is 6.03. The number of halogens is 1. The quantitative estimate of drug-likeness (QED) is 0.332. The molecule has 0 bridgehead atoms. The van der Waals surface area contributed by atoms with Gasteiger partial charge in [-0.1, -0.05) is 0 Å². The molecule has 0 saturated heterocycles. The third kappa shape index (κ3) is 4.78. The second kappa shape index (κ2) is 9.29. The van der Waals surface area contributed by atoms with Crippen LogP contribution < -0.4 is 21.7 Å². The Morgan fingerprint density at radius 1 is 1.11 bits per heavy atom. The van der Waals surface area contributed by atoms with Crippen LogP contribution in [0.5, 0.6) is 0 Å². The predicted octanol–water partition coefficient (Wildman–Crippen LogP) is 2.98. The first-order valence-electron chi connectivity index (χ1n) is 11.5. The molecule has 5 N–H and O–H groups in total. The number of hydrogen-bond donors (Lipinski definition) is 4. The van der Waals surface area contributed by atoms with E-state index < -0.39 is 11.7 Å². The first kappa shape index (κ1) is 22.7. The highest BCUT2D eigenvalue weighted by Gasteiger charge is 2.22. The number of rotatable bonds is 6. The van der Waals surface area contributed by atoms with Crippen molar-refractivity contribution < 1.29 is 9.18 Å². The lowest BCUT2D eigenvalue weighted by Crippen LogP contribution is -2.33. The number of fused-ring (bicyclic) bond motifs is 1. The molecule has 4 heterocycles. The third-order valence-corrected chi connectivity index (χ3v) is 6.22. The molecule has 11 nitrogen and oxygen atoms in total. The van der Waals surface area contributed by atoms with Gasteiger partial charge in [-0.15, -0.1) is 5.10 Å². The molecule has 1 saturated carbocycles. The van der Waals surface area contributed by atoms with Crippen molar-refractivity contribution >= 4 is 34.6 Å². The highest BCUT2D eigenvalue weighted by molar-refractivity contribution is 6.03. The van der Waals surface area contributed by atoms with Crippen LogP contribution in [-0.4, -0.2) is 47.4 Å². The Morgan fingerprint density at radius 2 is 1.91 bits per heavy atom. The van der Waals surface area contributed by atoms with Gasteiger partial charge >= 0.3 is 0 Å². The number of aromatic nitrogens is 6. The number of anilines is 4. The molecule has 1 aliphatic rings. The second-order valence-electron chi connectivity index (χ2n) is 8.81.